The summed E-state index contributed by atoms with van der Waals surface area (Å²) in [7, 11) is -2.72. The number of hydrogen-bond acceptors (Lipinski definition) is 2. The maximum Gasteiger partial charge on any atom is 0.229 e. The number of rotatable bonds is 4. The van der Waals surface area contributed by atoms with Crippen LogP contribution in [0.5, 0.6) is 0 Å². The van der Waals surface area contributed by atoms with E-state index in [4.69, 9.17) is 5.41 Å². The molecule has 0 amide bonds. The fourth-order valence-corrected chi connectivity index (χ4v) is 11.2. The zero-order chi connectivity index (χ0) is 25.3. The van der Waals surface area contributed by atoms with E-state index in [0.717, 1.165) is 43.7 Å². The van der Waals surface area contributed by atoms with Gasteiger partial charge in [0.25, 0.3) is 0 Å². The van der Waals surface area contributed by atoms with Gasteiger partial charge in [0.15, 0.2) is 0 Å². The van der Waals surface area contributed by atoms with Gasteiger partial charge < -0.3 is 0 Å². The van der Waals surface area contributed by atoms with Gasteiger partial charge in [-0.1, -0.05) is 103 Å². The van der Waals surface area contributed by atoms with Crippen LogP contribution >= 0.6 is 7.26 Å². The summed E-state index contributed by atoms with van der Waals surface area (Å²) in [4.78, 5) is 0. The average molecular weight is 492 g/mol. The van der Waals surface area contributed by atoms with Crippen molar-refractivity contribution >= 4 is 34.6 Å². The summed E-state index contributed by atoms with van der Waals surface area (Å²) in [6.07, 6.45) is 0. The van der Waals surface area contributed by atoms with E-state index in [0.29, 0.717) is 0 Å². The lowest BCUT2D eigenvalue weighted by atomic mass is 9.75. The number of nitriles is 1. The largest absolute Gasteiger partial charge is 0.258 e. The molecule has 37 heavy (non-hydrogen) atoms. The topological polar surface area (TPSA) is 47.6 Å². The van der Waals surface area contributed by atoms with Gasteiger partial charge in [0, 0.05) is 22.3 Å². The van der Waals surface area contributed by atoms with Crippen LogP contribution < -0.4 is 15.9 Å². The second-order valence-electron chi connectivity index (χ2n) is 9.09. The maximum absolute atomic E-state index is 11.6. The lowest BCUT2D eigenvalue weighted by Crippen LogP contribution is -2.47. The maximum atomic E-state index is 11.6. The van der Waals surface area contributed by atoms with Crippen molar-refractivity contribution in [2.24, 2.45) is 0 Å². The van der Waals surface area contributed by atoms with Crippen LogP contribution in [-0.2, 0) is 5.16 Å². The summed E-state index contributed by atoms with van der Waals surface area (Å²) >= 11 is 0. The molecule has 5 aromatic carbocycles. The number of hydrogen-bond donors (Lipinski definition) is 1. The average Bonchev–Trinajstić information content (AvgIpc) is 2.99. The zero-order valence-corrected chi connectivity index (χ0v) is 21.1. The highest BCUT2D eigenvalue weighted by molar-refractivity contribution is 7.97. The molecular weight excluding hydrogens is 467 g/mol. The third kappa shape index (κ3) is 3.13. The molecule has 0 saturated heterocycles. The van der Waals surface area contributed by atoms with Crippen LogP contribution in [0.2, 0.25) is 0 Å². The van der Waals surface area contributed by atoms with Crippen LogP contribution in [0.3, 0.4) is 0 Å². The molecule has 3 heteroatoms. The highest BCUT2D eigenvalue weighted by atomic mass is 31.2. The molecule has 6 rings (SSSR count). The molecule has 0 bridgehead atoms. The van der Waals surface area contributed by atoms with Crippen molar-refractivity contribution < 1.29 is 0 Å². The normalized spacial score (nSPS) is 16.1. The second kappa shape index (κ2) is 9.16. The lowest BCUT2D eigenvalue weighted by Gasteiger charge is -2.44. The van der Waals surface area contributed by atoms with Gasteiger partial charge in [-0.3, -0.25) is 5.41 Å². The highest BCUT2D eigenvalue weighted by Gasteiger charge is 2.68. The van der Waals surface area contributed by atoms with Gasteiger partial charge >= 0.3 is 0 Å². The van der Waals surface area contributed by atoms with E-state index in [1.165, 1.54) is 0 Å². The van der Waals surface area contributed by atoms with Gasteiger partial charge in [0.2, 0.25) is 5.16 Å². The SMILES string of the molecule is N#CC1([P+](c2ccccc2)(c2ccccc2)c2ccccc2)c2ccccc2C(=C=N)c2ccccc21. The lowest BCUT2D eigenvalue weighted by molar-refractivity contribution is 0.911. The number of nitrogens with zero attached hydrogens (tertiary/aromatic N) is 1. The van der Waals surface area contributed by atoms with E-state index in [1.807, 2.05) is 54.6 Å². The van der Waals surface area contributed by atoms with Crippen LogP contribution in [0.15, 0.2) is 140 Å². The molecule has 174 valence electrons. The Kier molecular flexibility index (Phi) is 5.67. The third-order valence-electron chi connectivity index (χ3n) is 7.39. The molecule has 0 aromatic heterocycles. The Morgan fingerprint density at radius 1 is 0.514 bits per heavy atom. The number of nitrogens with one attached hydrogen (secondary N) is 1. The molecule has 0 heterocycles. The Morgan fingerprint density at radius 2 is 0.865 bits per heavy atom. The van der Waals surface area contributed by atoms with Gasteiger partial charge in [-0.15, -0.1) is 0 Å². The van der Waals surface area contributed by atoms with E-state index < -0.39 is 12.4 Å². The van der Waals surface area contributed by atoms with Crippen LogP contribution in [0.25, 0.3) is 5.57 Å². The summed E-state index contributed by atoms with van der Waals surface area (Å²) in [5, 5.41) is 22.2. The first-order valence-corrected chi connectivity index (χ1v) is 14.0. The quantitative estimate of drug-likeness (QED) is 0.228. The molecule has 1 N–H and O–H groups in total. The molecule has 0 fully saturated rings. The molecule has 0 unspecified atom stereocenters. The Balaban J connectivity index is 1.92. The van der Waals surface area contributed by atoms with Crippen molar-refractivity contribution in [3.8, 4) is 6.07 Å². The summed E-state index contributed by atoms with van der Waals surface area (Å²) in [6.45, 7) is 0. The Hall–Kier alpha value is -4.53. The highest BCUT2D eigenvalue weighted by Crippen LogP contribution is 2.74. The summed E-state index contributed by atoms with van der Waals surface area (Å²) in [6, 6.07) is 50.8. The molecule has 0 atom stereocenters. The van der Waals surface area contributed by atoms with Crippen molar-refractivity contribution in [3.63, 3.8) is 0 Å². The third-order valence-corrected chi connectivity index (χ3v) is 12.2. The predicted molar refractivity (Wildman–Crippen MR) is 155 cm³/mol. The van der Waals surface area contributed by atoms with Gasteiger partial charge in [-0.05, 0) is 42.3 Å². The first kappa shape index (κ1) is 22.9. The molecule has 5 aromatic rings. The molecule has 0 aliphatic heterocycles. The van der Waals surface area contributed by atoms with Crippen LogP contribution in [0.1, 0.15) is 22.3 Å². The minimum Gasteiger partial charge on any atom is -0.258 e. The Labute approximate surface area is 218 Å². The van der Waals surface area contributed by atoms with Gasteiger partial charge in [0.1, 0.15) is 29.2 Å². The van der Waals surface area contributed by atoms with Crippen molar-refractivity contribution in [3.05, 3.63) is 162 Å². The molecule has 0 spiro atoms. The fourth-order valence-electron chi connectivity index (χ4n) is 6.00. The van der Waals surface area contributed by atoms with Crippen molar-refractivity contribution in [2.45, 2.75) is 5.16 Å². The smallest absolute Gasteiger partial charge is 0.229 e. The van der Waals surface area contributed by atoms with Crippen molar-refractivity contribution in [1.82, 2.24) is 0 Å². The summed E-state index contributed by atoms with van der Waals surface area (Å²) in [5.41, 5.74) is 4.37. The van der Waals surface area contributed by atoms with E-state index in [-0.39, 0.29) is 0 Å². The van der Waals surface area contributed by atoms with Crippen LogP contribution in [0.4, 0.5) is 0 Å². The first-order chi connectivity index (χ1) is 18.3. The van der Waals surface area contributed by atoms with E-state index in [1.54, 1.807) is 0 Å². The van der Waals surface area contributed by atoms with Crippen LogP contribution in [0, 0.1) is 16.7 Å². The number of fused-ring (bicyclic) bond motifs is 2. The minimum absolute atomic E-state index is 0.726. The first-order valence-electron chi connectivity index (χ1n) is 12.3. The Bertz CT molecular complexity index is 1530. The minimum atomic E-state index is -2.72. The van der Waals surface area contributed by atoms with E-state index >= 15 is 0 Å². The fraction of sp³-hybridized carbons (Fsp3) is 0.0294. The van der Waals surface area contributed by atoms with Crippen molar-refractivity contribution in [1.29, 1.82) is 10.7 Å². The molecule has 1 aliphatic rings. The Morgan fingerprint density at radius 3 is 1.22 bits per heavy atom. The standard InChI is InChI=1S/C34H24N2P/c35-24-31-29-20-10-12-22-32(29)34(25-36,33-23-13-11-21-30(31)33)37(26-14-4-1-5-15-26,27-16-6-2-7-17-27)28-18-8-3-9-19-28/h1-23,35H/q+1. The molecule has 2 nitrogen and oxygen atoms in total. The molecule has 0 saturated carbocycles. The van der Waals surface area contributed by atoms with E-state index in [9.17, 15) is 5.26 Å². The van der Waals surface area contributed by atoms with Gasteiger partial charge in [0.05, 0.1) is 5.57 Å². The van der Waals surface area contributed by atoms with Gasteiger partial charge in [-0.2, -0.15) is 5.26 Å². The zero-order valence-electron chi connectivity index (χ0n) is 20.2. The molecule has 1 aliphatic carbocycles. The van der Waals surface area contributed by atoms with E-state index in [2.05, 4.69) is 96.9 Å². The van der Waals surface area contributed by atoms with Crippen LogP contribution in [-0.4, -0.2) is 5.87 Å². The van der Waals surface area contributed by atoms with Gasteiger partial charge in [-0.25, -0.2) is 0 Å². The monoisotopic (exact) mass is 491 g/mol. The predicted octanol–water partition coefficient (Wildman–Crippen LogP) is 6.44. The number of benzene rings is 5. The summed E-state index contributed by atoms with van der Waals surface area (Å²) in [5.74, 6) is 2.72. The molecular formula is C34H24N2P+. The second-order valence-corrected chi connectivity index (χ2v) is 12.7. The van der Waals surface area contributed by atoms with Crippen molar-refractivity contribution in [2.75, 3.05) is 0 Å². The summed E-state index contributed by atoms with van der Waals surface area (Å²) < 4.78 is 0. The molecule has 0 radical (unpaired) electrons.